The molecule has 1 rings (SSSR count). The number of aliphatic hydroxyl groups is 1. The summed E-state index contributed by atoms with van der Waals surface area (Å²) in [6, 6.07) is 0.131. The molecule has 0 radical (unpaired) electrons. The third kappa shape index (κ3) is 4.07. The van der Waals surface area contributed by atoms with Crippen molar-refractivity contribution in [1.29, 1.82) is 0 Å². The first kappa shape index (κ1) is 11.5. The minimum absolute atomic E-state index is 0.0778. The first-order chi connectivity index (χ1) is 6.72. The number of rotatable bonds is 4. The minimum atomic E-state index is -0.249. The summed E-state index contributed by atoms with van der Waals surface area (Å²) in [7, 11) is 0. The average Bonchev–Trinajstić information content (AvgIpc) is 2.15. The molecular formula is C10H19NO3. The molecule has 4 heteroatoms. The van der Waals surface area contributed by atoms with Crippen molar-refractivity contribution in [3.63, 3.8) is 0 Å². The lowest BCUT2D eigenvalue weighted by atomic mass is 9.93. The maximum atomic E-state index is 11.3. The zero-order chi connectivity index (χ0) is 10.4. The molecule has 1 amide bonds. The average molecular weight is 201 g/mol. The molecular weight excluding hydrogens is 182 g/mol. The predicted molar refractivity (Wildman–Crippen MR) is 52.9 cm³/mol. The summed E-state index contributed by atoms with van der Waals surface area (Å²) in [5, 5.41) is 12.2. The molecule has 14 heavy (non-hydrogen) atoms. The van der Waals surface area contributed by atoms with Crippen LogP contribution in [-0.4, -0.2) is 36.4 Å². The number of hydrogen-bond acceptors (Lipinski definition) is 3. The third-order valence-corrected chi connectivity index (χ3v) is 2.45. The number of ether oxygens (including phenoxy) is 1. The Balaban J connectivity index is 2.18. The molecule has 2 atom stereocenters. The van der Waals surface area contributed by atoms with E-state index in [1.54, 1.807) is 0 Å². The van der Waals surface area contributed by atoms with Gasteiger partial charge < -0.3 is 15.2 Å². The maximum Gasteiger partial charge on any atom is 0.246 e. The van der Waals surface area contributed by atoms with Crippen LogP contribution >= 0.6 is 0 Å². The second kappa shape index (κ2) is 5.98. The van der Waals surface area contributed by atoms with Crippen molar-refractivity contribution in [2.45, 2.75) is 44.8 Å². The van der Waals surface area contributed by atoms with E-state index in [4.69, 9.17) is 4.74 Å². The van der Waals surface area contributed by atoms with E-state index in [2.05, 4.69) is 5.32 Å². The summed E-state index contributed by atoms with van der Waals surface area (Å²) in [5.74, 6) is -0.0778. The summed E-state index contributed by atoms with van der Waals surface area (Å²) in [6.07, 6.45) is 3.24. The largest absolute Gasteiger partial charge is 0.393 e. The molecule has 0 aliphatic heterocycles. The first-order valence-electron chi connectivity index (χ1n) is 5.27. The Morgan fingerprint density at radius 1 is 1.57 bits per heavy atom. The lowest BCUT2D eigenvalue weighted by Gasteiger charge is -2.26. The van der Waals surface area contributed by atoms with Gasteiger partial charge in [-0.05, 0) is 32.6 Å². The highest BCUT2D eigenvalue weighted by molar-refractivity contribution is 5.77. The van der Waals surface area contributed by atoms with Gasteiger partial charge in [-0.15, -0.1) is 0 Å². The van der Waals surface area contributed by atoms with E-state index in [1.807, 2.05) is 6.92 Å². The highest BCUT2D eigenvalue weighted by atomic mass is 16.5. The van der Waals surface area contributed by atoms with Crippen molar-refractivity contribution in [1.82, 2.24) is 5.32 Å². The van der Waals surface area contributed by atoms with Crippen molar-refractivity contribution in [3.8, 4) is 0 Å². The van der Waals surface area contributed by atoms with Crippen LogP contribution < -0.4 is 5.32 Å². The van der Waals surface area contributed by atoms with Crippen LogP contribution in [0.4, 0.5) is 0 Å². The normalized spacial score (nSPS) is 27.3. The highest BCUT2D eigenvalue weighted by Gasteiger charge is 2.21. The van der Waals surface area contributed by atoms with Gasteiger partial charge in [0.15, 0.2) is 0 Å². The second-order valence-corrected chi connectivity index (χ2v) is 3.72. The zero-order valence-electron chi connectivity index (χ0n) is 8.66. The van der Waals surface area contributed by atoms with Gasteiger partial charge in [0.05, 0.1) is 6.10 Å². The number of carbonyl (C=O) groups is 1. The standard InChI is InChI=1S/C10H19NO3/c1-2-14-7-10(13)11-8-4-3-5-9(12)6-8/h8-9,12H,2-7H2,1H3,(H,11,13)/t8-,9-/m0/s1. The van der Waals surface area contributed by atoms with E-state index in [-0.39, 0.29) is 24.7 Å². The molecule has 0 unspecified atom stereocenters. The first-order valence-corrected chi connectivity index (χ1v) is 5.27. The van der Waals surface area contributed by atoms with Gasteiger partial charge in [-0.2, -0.15) is 0 Å². The van der Waals surface area contributed by atoms with Crippen molar-refractivity contribution >= 4 is 5.91 Å². The lowest BCUT2D eigenvalue weighted by Crippen LogP contribution is -2.41. The van der Waals surface area contributed by atoms with Crippen LogP contribution in [0.3, 0.4) is 0 Å². The Bertz CT molecular complexity index is 184. The van der Waals surface area contributed by atoms with Crippen molar-refractivity contribution in [3.05, 3.63) is 0 Å². The summed E-state index contributed by atoms with van der Waals surface area (Å²) in [5.41, 5.74) is 0. The van der Waals surface area contributed by atoms with E-state index >= 15 is 0 Å². The van der Waals surface area contributed by atoms with Gasteiger partial charge in [-0.1, -0.05) is 0 Å². The van der Waals surface area contributed by atoms with Gasteiger partial charge in [0.2, 0.25) is 5.91 Å². The minimum Gasteiger partial charge on any atom is -0.393 e. The smallest absolute Gasteiger partial charge is 0.246 e. The Kier molecular flexibility index (Phi) is 4.90. The molecule has 0 aromatic heterocycles. The summed E-state index contributed by atoms with van der Waals surface area (Å²) in [6.45, 7) is 2.54. The predicted octanol–water partition coefficient (Wildman–Crippen LogP) is 0.443. The molecule has 0 spiro atoms. The number of nitrogens with one attached hydrogen (secondary N) is 1. The van der Waals surface area contributed by atoms with E-state index in [1.165, 1.54) is 0 Å². The van der Waals surface area contributed by atoms with Gasteiger partial charge in [-0.25, -0.2) is 0 Å². The molecule has 1 fully saturated rings. The fraction of sp³-hybridized carbons (Fsp3) is 0.900. The van der Waals surface area contributed by atoms with Gasteiger partial charge in [0.1, 0.15) is 6.61 Å². The lowest BCUT2D eigenvalue weighted by molar-refractivity contribution is -0.126. The Labute approximate surface area is 84.6 Å². The quantitative estimate of drug-likeness (QED) is 0.694. The molecule has 1 aliphatic carbocycles. The summed E-state index contributed by atoms with van der Waals surface area (Å²) in [4.78, 5) is 11.3. The monoisotopic (exact) mass is 201 g/mol. The second-order valence-electron chi connectivity index (χ2n) is 3.72. The topological polar surface area (TPSA) is 58.6 Å². The van der Waals surface area contributed by atoms with Gasteiger partial charge in [0.25, 0.3) is 0 Å². The van der Waals surface area contributed by atoms with Crippen molar-refractivity contribution in [2.24, 2.45) is 0 Å². The Hall–Kier alpha value is -0.610. The molecule has 0 aromatic rings. The molecule has 4 nitrogen and oxygen atoms in total. The molecule has 0 heterocycles. The van der Waals surface area contributed by atoms with Crippen LogP contribution in [0, 0.1) is 0 Å². The van der Waals surface area contributed by atoms with Crippen molar-refractivity contribution < 1.29 is 14.6 Å². The molecule has 0 bridgehead atoms. The Morgan fingerprint density at radius 2 is 2.36 bits per heavy atom. The van der Waals surface area contributed by atoms with Crippen LogP contribution in [-0.2, 0) is 9.53 Å². The fourth-order valence-electron chi connectivity index (χ4n) is 1.76. The van der Waals surface area contributed by atoms with E-state index < -0.39 is 0 Å². The van der Waals surface area contributed by atoms with Gasteiger partial charge >= 0.3 is 0 Å². The molecule has 2 N–H and O–H groups in total. The summed E-state index contributed by atoms with van der Waals surface area (Å²) < 4.78 is 4.99. The van der Waals surface area contributed by atoms with E-state index in [0.29, 0.717) is 13.0 Å². The number of hydrogen-bond donors (Lipinski definition) is 2. The fourth-order valence-corrected chi connectivity index (χ4v) is 1.76. The highest BCUT2D eigenvalue weighted by Crippen LogP contribution is 2.17. The summed E-state index contributed by atoms with van der Waals surface area (Å²) >= 11 is 0. The third-order valence-electron chi connectivity index (χ3n) is 2.45. The Morgan fingerprint density at radius 3 is 3.00 bits per heavy atom. The van der Waals surface area contributed by atoms with Crippen molar-refractivity contribution in [2.75, 3.05) is 13.2 Å². The van der Waals surface area contributed by atoms with Crippen LogP contribution in [0.2, 0.25) is 0 Å². The molecule has 1 aliphatic rings. The number of amides is 1. The molecule has 1 saturated carbocycles. The molecule has 82 valence electrons. The van der Waals surface area contributed by atoms with E-state index in [9.17, 15) is 9.90 Å². The van der Waals surface area contributed by atoms with Gasteiger partial charge in [0, 0.05) is 12.6 Å². The van der Waals surface area contributed by atoms with Gasteiger partial charge in [-0.3, -0.25) is 4.79 Å². The number of carbonyl (C=O) groups excluding carboxylic acids is 1. The maximum absolute atomic E-state index is 11.3. The number of aliphatic hydroxyl groups excluding tert-OH is 1. The van der Waals surface area contributed by atoms with E-state index in [0.717, 1.165) is 19.3 Å². The molecule has 0 aromatic carbocycles. The zero-order valence-corrected chi connectivity index (χ0v) is 8.66. The molecule has 0 saturated heterocycles. The van der Waals surface area contributed by atoms with Crippen LogP contribution in [0.15, 0.2) is 0 Å². The van der Waals surface area contributed by atoms with Crippen LogP contribution in [0.1, 0.15) is 32.6 Å². The SMILES string of the molecule is CCOCC(=O)N[C@H]1CCC[C@H](O)C1. The van der Waals surface area contributed by atoms with Crippen LogP contribution in [0.25, 0.3) is 0 Å². The van der Waals surface area contributed by atoms with Crippen LogP contribution in [0.5, 0.6) is 0 Å².